The van der Waals surface area contributed by atoms with E-state index >= 15 is 0 Å². The predicted octanol–water partition coefficient (Wildman–Crippen LogP) is 1.99. The Bertz CT molecular complexity index is 595. The van der Waals surface area contributed by atoms with Crippen LogP contribution in [0.15, 0.2) is 0 Å². The van der Waals surface area contributed by atoms with Crippen molar-refractivity contribution in [2.75, 3.05) is 32.8 Å². The molecule has 2 saturated heterocycles. The summed E-state index contributed by atoms with van der Waals surface area (Å²) in [5.74, 6) is -0.196. The van der Waals surface area contributed by atoms with Gasteiger partial charge in [-0.25, -0.2) is 9.59 Å². The molecule has 2 heterocycles. The average Bonchev–Trinajstić information content (AvgIpc) is 3.12. The molecular weight excluding hydrogens is 360 g/mol. The van der Waals surface area contributed by atoms with Crippen molar-refractivity contribution in [3.8, 4) is 0 Å². The Labute approximate surface area is 167 Å². The van der Waals surface area contributed by atoms with Crippen molar-refractivity contribution in [2.45, 2.75) is 64.8 Å². The van der Waals surface area contributed by atoms with Gasteiger partial charge in [0.1, 0.15) is 0 Å². The Morgan fingerprint density at radius 1 is 1.29 bits per heavy atom. The average molecular weight is 395 g/mol. The van der Waals surface area contributed by atoms with E-state index in [1.807, 2.05) is 0 Å². The number of carbonyl (C=O) groups excluding carboxylic acids is 3. The molecule has 28 heavy (non-hydrogen) atoms. The van der Waals surface area contributed by atoms with Crippen LogP contribution in [-0.2, 0) is 9.53 Å². The minimum atomic E-state index is -0.584. The SMILES string of the molecule is CCCCNC(=O)NC1CCC(C)(CN2CC3(CCOC3)C(=O)NC2=O)CC1. The summed E-state index contributed by atoms with van der Waals surface area (Å²) in [4.78, 5) is 38.4. The molecule has 8 heteroatoms. The number of imide groups is 1. The summed E-state index contributed by atoms with van der Waals surface area (Å²) in [7, 11) is 0. The Morgan fingerprint density at radius 2 is 2.04 bits per heavy atom. The molecule has 1 saturated carbocycles. The molecule has 1 atom stereocenters. The molecule has 3 aliphatic rings. The lowest BCUT2D eigenvalue weighted by Crippen LogP contribution is -2.62. The number of nitrogens with zero attached hydrogens (tertiary/aromatic N) is 1. The minimum absolute atomic E-state index is 0.00472. The lowest BCUT2D eigenvalue weighted by atomic mass is 9.73. The standard InChI is InChI=1S/C20H34N4O4/c1-3-4-10-21-17(26)22-15-5-7-19(2,8-6-15)12-24-13-20(9-11-28-14-20)16(25)23-18(24)27/h15H,3-14H2,1-2H3,(H2,21,22,26)(H,23,25,27). The zero-order chi connectivity index (χ0) is 20.2. The van der Waals surface area contributed by atoms with E-state index in [0.29, 0.717) is 39.3 Å². The topological polar surface area (TPSA) is 99.8 Å². The van der Waals surface area contributed by atoms with Crippen LogP contribution in [0, 0.1) is 10.8 Å². The van der Waals surface area contributed by atoms with E-state index in [1.54, 1.807) is 4.90 Å². The molecule has 0 radical (unpaired) electrons. The van der Waals surface area contributed by atoms with Gasteiger partial charge in [-0.2, -0.15) is 0 Å². The summed E-state index contributed by atoms with van der Waals surface area (Å²) in [5, 5.41) is 8.50. The molecule has 5 amide bonds. The van der Waals surface area contributed by atoms with Gasteiger partial charge in [0.25, 0.3) is 0 Å². The van der Waals surface area contributed by atoms with E-state index in [2.05, 4.69) is 29.8 Å². The number of nitrogens with one attached hydrogen (secondary N) is 3. The van der Waals surface area contributed by atoms with Gasteiger partial charge in [-0.05, 0) is 43.9 Å². The monoisotopic (exact) mass is 394 g/mol. The maximum Gasteiger partial charge on any atom is 0.324 e. The van der Waals surface area contributed by atoms with E-state index in [-0.39, 0.29) is 29.4 Å². The fourth-order valence-electron chi connectivity index (χ4n) is 4.55. The summed E-state index contributed by atoms with van der Waals surface area (Å²) in [6.45, 7) is 7.03. The van der Waals surface area contributed by atoms with Crippen molar-refractivity contribution in [1.82, 2.24) is 20.9 Å². The van der Waals surface area contributed by atoms with Crippen molar-refractivity contribution >= 4 is 18.0 Å². The summed E-state index contributed by atoms with van der Waals surface area (Å²) < 4.78 is 5.45. The van der Waals surface area contributed by atoms with Crippen LogP contribution in [0.5, 0.6) is 0 Å². The van der Waals surface area contributed by atoms with Crippen molar-refractivity contribution in [3.63, 3.8) is 0 Å². The van der Waals surface area contributed by atoms with Crippen molar-refractivity contribution in [2.24, 2.45) is 10.8 Å². The van der Waals surface area contributed by atoms with Crippen molar-refractivity contribution < 1.29 is 19.1 Å². The minimum Gasteiger partial charge on any atom is -0.380 e. The predicted molar refractivity (Wildman–Crippen MR) is 105 cm³/mol. The second-order valence-corrected chi connectivity index (χ2v) is 9.04. The molecule has 158 valence electrons. The maximum atomic E-state index is 12.4. The van der Waals surface area contributed by atoms with Gasteiger partial charge in [0.2, 0.25) is 5.91 Å². The Balaban J connectivity index is 1.49. The number of hydrogen-bond acceptors (Lipinski definition) is 4. The number of ether oxygens (including phenoxy) is 1. The summed E-state index contributed by atoms with van der Waals surface area (Å²) in [6.07, 6.45) is 6.40. The van der Waals surface area contributed by atoms with Gasteiger partial charge in [0.15, 0.2) is 0 Å². The third-order valence-electron chi connectivity index (χ3n) is 6.50. The van der Waals surface area contributed by atoms with Crippen LogP contribution < -0.4 is 16.0 Å². The van der Waals surface area contributed by atoms with Gasteiger partial charge in [0, 0.05) is 32.3 Å². The molecule has 0 aromatic heterocycles. The van der Waals surface area contributed by atoms with E-state index in [4.69, 9.17) is 4.74 Å². The lowest BCUT2D eigenvalue weighted by Gasteiger charge is -2.44. The molecule has 1 unspecified atom stereocenters. The Kier molecular flexibility index (Phi) is 6.47. The first kappa shape index (κ1) is 20.9. The van der Waals surface area contributed by atoms with E-state index in [9.17, 15) is 14.4 Å². The molecule has 3 N–H and O–H groups in total. The molecule has 1 spiro atoms. The second-order valence-electron chi connectivity index (χ2n) is 9.04. The van der Waals surface area contributed by atoms with Gasteiger partial charge in [0.05, 0.1) is 12.0 Å². The number of urea groups is 2. The van der Waals surface area contributed by atoms with Crippen molar-refractivity contribution in [3.05, 3.63) is 0 Å². The number of rotatable bonds is 6. The fraction of sp³-hybridized carbons (Fsp3) is 0.850. The molecule has 2 aliphatic heterocycles. The zero-order valence-corrected chi connectivity index (χ0v) is 17.1. The molecule has 1 aliphatic carbocycles. The maximum absolute atomic E-state index is 12.4. The highest BCUT2D eigenvalue weighted by atomic mass is 16.5. The van der Waals surface area contributed by atoms with Gasteiger partial charge in [-0.3, -0.25) is 10.1 Å². The van der Waals surface area contributed by atoms with Gasteiger partial charge in [-0.15, -0.1) is 0 Å². The van der Waals surface area contributed by atoms with Crippen LogP contribution in [0.25, 0.3) is 0 Å². The van der Waals surface area contributed by atoms with Crippen LogP contribution in [0.1, 0.15) is 58.8 Å². The Morgan fingerprint density at radius 3 is 2.68 bits per heavy atom. The molecule has 3 fully saturated rings. The number of amides is 5. The van der Waals surface area contributed by atoms with Crippen LogP contribution in [0.3, 0.4) is 0 Å². The third kappa shape index (κ3) is 4.77. The first-order chi connectivity index (χ1) is 13.4. The first-order valence-electron chi connectivity index (χ1n) is 10.6. The largest absolute Gasteiger partial charge is 0.380 e. The third-order valence-corrected chi connectivity index (χ3v) is 6.50. The highest BCUT2D eigenvalue weighted by Crippen LogP contribution is 2.39. The van der Waals surface area contributed by atoms with Crippen LogP contribution >= 0.6 is 0 Å². The van der Waals surface area contributed by atoms with Crippen LogP contribution in [0.2, 0.25) is 0 Å². The highest BCUT2D eigenvalue weighted by molar-refractivity contribution is 6.00. The van der Waals surface area contributed by atoms with Gasteiger partial charge in [-0.1, -0.05) is 20.3 Å². The van der Waals surface area contributed by atoms with Gasteiger partial charge >= 0.3 is 12.1 Å². The summed E-state index contributed by atoms with van der Waals surface area (Å²) >= 11 is 0. The zero-order valence-electron chi connectivity index (χ0n) is 17.1. The molecular formula is C20H34N4O4. The van der Waals surface area contributed by atoms with E-state index in [1.165, 1.54) is 0 Å². The quantitative estimate of drug-likeness (QED) is 0.600. The van der Waals surface area contributed by atoms with Crippen molar-refractivity contribution in [1.29, 1.82) is 0 Å². The molecule has 0 aromatic carbocycles. The van der Waals surface area contributed by atoms with Gasteiger partial charge < -0.3 is 20.3 Å². The Hall–Kier alpha value is -1.83. The molecule has 3 rings (SSSR count). The highest BCUT2D eigenvalue weighted by Gasteiger charge is 2.49. The molecule has 0 bridgehead atoms. The smallest absolute Gasteiger partial charge is 0.324 e. The van der Waals surface area contributed by atoms with E-state index in [0.717, 1.165) is 38.5 Å². The normalized spacial score (nSPS) is 33.1. The van der Waals surface area contributed by atoms with Crippen LogP contribution in [0.4, 0.5) is 9.59 Å². The lowest BCUT2D eigenvalue weighted by molar-refractivity contribution is -0.133. The number of hydrogen-bond donors (Lipinski definition) is 3. The fourth-order valence-corrected chi connectivity index (χ4v) is 4.55. The molecule has 8 nitrogen and oxygen atoms in total. The van der Waals surface area contributed by atoms with E-state index < -0.39 is 5.41 Å². The summed E-state index contributed by atoms with van der Waals surface area (Å²) in [5.41, 5.74) is -0.588. The number of unbranched alkanes of at least 4 members (excludes halogenated alkanes) is 1. The van der Waals surface area contributed by atoms with Crippen LogP contribution in [-0.4, -0.2) is 61.8 Å². The number of carbonyl (C=O) groups is 3. The molecule has 0 aromatic rings. The summed E-state index contributed by atoms with van der Waals surface area (Å²) in [6, 6.07) is -0.195. The first-order valence-corrected chi connectivity index (χ1v) is 10.6. The second kappa shape index (κ2) is 8.68.